The molecule has 1 aromatic rings. The van der Waals surface area contributed by atoms with E-state index in [0.717, 1.165) is 38.5 Å². The fourth-order valence-corrected chi connectivity index (χ4v) is 4.03. The molecule has 2 heterocycles. The molecule has 1 saturated carbocycles. The van der Waals surface area contributed by atoms with Crippen molar-refractivity contribution in [1.82, 2.24) is 30.4 Å². The number of hydrogen-bond acceptors (Lipinski definition) is 6. The molecule has 118 valence electrons. The maximum atomic E-state index is 5.54. The van der Waals surface area contributed by atoms with Crippen LogP contribution in [0, 0.1) is 0 Å². The van der Waals surface area contributed by atoms with Gasteiger partial charge in [0.1, 0.15) is 0 Å². The van der Waals surface area contributed by atoms with E-state index in [0.29, 0.717) is 6.04 Å². The van der Waals surface area contributed by atoms with Gasteiger partial charge in [-0.3, -0.25) is 4.90 Å². The second-order valence-electron chi connectivity index (χ2n) is 6.15. The van der Waals surface area contributed by atoms with Crippen LogP contribution in [0.5, 0.6) is 0 Å². The van der Waals surface area contributed by atoms with Crippen LogP contribution in [-0.2, 0) is 18.2 Å². The number of aromatic nitrogens is 4. The smallest absolute Gasteiger partial charge is 0.176 e. The van der Waals surface area contributed by atoms with Gasteiger partial charge in [-0.05, 0) is 25.1 Å². The van der Waals surface area contributed by atoms with Crippen LogP contribution in [0.3, 0.4) is 0 Å². The van der Waals surface area contributed by atoms with Crippen molar-refractivity contribution in [3.05, 3.63) is 5.82 Å². The molecule has 21 heavy (non-hydrogen) atoms. The fourth-order valence-electron chi connectivity index (χ4n) is 4.03. The van der Waals surface area contributed by atoms with Crippen molar-refractivity contribution in [2.75, 3.05) is 33.4 Å². The molecule has 0 amide bonds. The minimum absolute atomic E-state index is 0.220. The van der Waals surface area contributed by atoms with E-state index >= 15 is 0 Å². The Bertz CT molecular complexity index is 450. The highest BCUT2D eigenvalue weighted by molar-refractivity contribution is 5.06. The molecule has 1 aliphatic heterocycles. The lowest BCUT2D eigenvalue weighted by atomic mass is 9.83. The van der Waals surface area contributed by atoms with E-state index in [-0.39, 0.29) is 5.54 Å². The lowest BCUT2D eigenvalue weighted by Crippen LogP contribution is -2.62. The zero-order valence-corrected chi connectivity index (χ0v) is 13.1. The van der Waals surface area contributed by atoms with Crippen LogP contribution < -0.4 is 5.32 Å². The summed E-state index contributed by atoms with van der Waals surface area (Å²) in [6.07, 6.45) is 5.95. The summed E-state index contributed by atoms with van der Waals surface area (Å²) in [6, 6.07) is 0.363. The topological polar surface area (TPSA) is 68.1 Å². The van der Waals surface area contributed by atoms with Crippen LogP contribution in [0.25, 0.3) is 0 Å². The standard InChI is InChI=1S/C14H26N6O/c1-15-12(11-13-16-18-19(2)17-13)14(5-3-4-6-14)20-7-9-21-10-8-20/h12,15H,3-11H2,1-2H3. The van der Waals surface area contributed by atoms with E-state index in [9.17, 15) is 0 Å². The number of rotatable bonds is 5. The van der Waals surface area contributed by atoms with E-state index < -0.39 is 0 Å². The Morgan fingerprint density at radius 2 is 2.00 bits per heavy atom. The Kier molecular flexibility index (Phi) is 4.51. The third kappa shape index (κ3) is 2.95. The molecule has 1 aromatic heterocycles. The predicted molar refractivity (Wildman–Crippen MR) is 78.9 cm³/mol. The van der Waals surface area contributed by atoms with Crippen LogP contribution in [0.2, 0.25) is 0 Å². The Hall–Kier alpha value is -1.05. The van der Waals surface area contributed by atoms with Crippen molar-refractivity contribution in [2.24, 2.45) is 7.05 Å². The number of likely N-dealkylation sites (N-methyl/N-ethyl adjacent to an activating group) is 1. The molecule has 2 fully saturated rings. The Morgan fingerprint density at radius 3 is 2.57 bits per heavy atom. The summed E-state index contributed by atoms with van der Waals surface area (Å²) in [7, 11) is 3.87. The highest BCUT2D eigenvalue weighted by atomic mass is 16.5. The summed E-state index contributed by atoms with van der Waals surface area (Å²) in [5, 5.41) is 16.0. The van der Waals surface area contributed by atoms with Crippen molar-refractivity contribution in [2.45, 2.75) is 43.7 Å². The van der Waals surface area contributed by atoms with E-state index in [1.807, 2.05) is 7.05 Å². The zero-order chi connectivity index (χ0) is 14.7. The van der Waals surface area contributed by atoms with Gasteiger partial charge in [0.05, 0.1) is 20.3 Å². The predicted octanol–water partition coefficient (Wildman–Crippen LogP) is -0.0144. The van der Waals surface area contributed by atoms with Gasteiger partial charge in [-0.15, -0.1) is 10.2 Å². The monoisotopic (exact) mass is 294 g/mol. The summed E-state index contributed by atoms with van der Waals surface area (Å²) in [5.74, 6) is 0.830. The molecule has 1 N–H and O–H groups in total. The molecule has 3 rings (SSSR count). The van der Waals surface area contributed by atoms with E-state index in [4.69, 9.17) is 4.74 Å². The number of ether oxygens (including phenoxy) is 1. The van der Waals surface area contributed by atoms with E-state index in [1.165, 1.54) is 30.5 Å². The third-order valence-corrected chi connectivity index (χ3v) is 5.04. The van der Waals surface area contributed by atoms with E-state index in [2.05, 4.69) is 32.7 Å². The molecule has 1 saturated heterocycles. The highest BCUT2D eigenvalue weighted by Gasteiger charge is 2.46. The van der Waals surface area contributed by atoms with Crippen LogP contribution in [-0.4, -0.2) is 70.0 Å². The first-order valence-electron chi connectivity index (χ1n) is 7.97. The molecule has 1 aliphatic carbocycles. The van der Waals surface area contributed by atoms with Gasteiger partial charge in [0.2, 0.25) is 0 Å². The maximum absolute atomic E-state index is 5.54. The van der Waals surface area contributed by atoms with Gasteiger partial charge in [-0.1, -0.05) is 12.8 Å². The van der Waals surface area contributed by atoms with Crippen molar-refractivity contribution >= 4 is 0 Å². The van der Waals surface area contributed by atoms with Gasteiger partial charge >= 0.3 is 0 Å². The van der Waals surface area contributed by atoms with Crippen LogP contribution >= 0.6 is 0 Å². The molecule has 7 nitrogen and oxygen atoms in total. The summed E-state index contributed by atoms with van der Waals surface area (Å²) < 4.78 is 5.54. The largest absolute Gasteiger partial charge is 0.379 e. The normalized spacial score (nSPS) is 24.3. The lowest BCUT2D eigenvalue weighted by molar-refractivity contribution is -0.0349. The number of tetrazole rings is 1. The third-order valence-electron chi connectivity index (χ3n) is 5.04. The van der Waals surface area contributed by atoms with Crippen LogP contribution in [0.1, 0.15) is 31.5 Å². The zero-order valence-electron chi connectivity index (χ0n) is 13.1. The van der Waals surface area contributed by atoms with Gasteiger partial charge in [0.25, 0.3) is 0 Å². The van der Waals surface area contributed by atoms with Crippen LogP contribution in [0.4, 0.5) is 0 Å². The Labute approximate surface area is 126 Å². The number of nitrogens with zero attached hydrogens (tertiary/aromatic N) is 5. The molecule has 1 unspecified atom stereocenters. The number of nitrogens with one attached hydrogen (secondary N) is 1. The van der Waals surface area contributed by atoms with E-state index in [1.54, 1.807) is 0 Å². The average Bonchev–Trinajstić information content (AvgIpc) is 3.15. The maximum Gasteiger partial charge on any atom is 0.176 e. The SMILES string of the molecule is CNC(Cc1nnn(C)n1)C1(N2CCOCC2)CCCC1. The van der Waals surface area contributed by atoms with Gasteiger partial charge in [-0.2, -0.15) is 4.80 Å². The molecular formula is C14H26N6O. The Balaban J connectivity index is 1.79. The first-order chi connectivity index (χ1) is 10.2. The van der Waals surface area contributed by atoms with Crippen molar-refractivity contribution in [3.8, 4) is 0 Å². The number of aryl methyl sites for hydroxylation is 1. The molecule has 2 aliphatic rings. The summed E-state index contributed by atoms with van der Waals surface area (Å²) >= 11 is 0. The second-order valence-corrected chi connectivity index (χ2v) is 6.15. The molecule has 0 bridgehead atoms. The second kappa shape index (κ2) is 6.37. The van der Waals surface area contributed by atoms with Crippen molar-refractivity contribution in [3.63, 3.8) is 0 Å². The van der Waals surface area contributed by atoms with Gasteiger partial charge in [-0.25, -0.2) is 0 Å². The van der Waals surface area contributed by atoms with Gasteiger partial charge in [0, 0.05) is 31.1 Å². The molecule has 0 aromatic carbocycles. The summed E-state index contributed by atoms with van der Waals surface area (Å²) in [4.78, 5) is 4.18. The minimum Gasteiger partial charge on any atom is -0.379 e. The molecular weight excluding hydrogens is 268 g/mol. The quantitative estimate of drug-likeness (QED) is 0.823. The van der Waals surface area contributed by atoms with Crippen molar-refractivity contribution in [1.29, 1.82) is 0 Å². The summed E-state index contributed by atoms with van der Waals surface area (Å²) in [6.45, 7) is 3.77. The average molecular weight is 294 g/mol. The molecule has 0 radical (unpaired) electrons. The molecule has 0 spiro atoms. The molecule has 1 atom stereocenters. The Morgan fingerprint density at radius 1 is 1.29 bits per heavy atom. The van der Waals surface area contributed by atoms with Crippen molar-refractivity contribution < 1.29 is 4.74 Å². The first kappa shape index (κ1) is 14.9. The highest BCUT2D eigenvalue weighted by Crippen LogP contribution is 2.39. The fraction of sp³-hybridized carbons (Fsp3) is 0.929. The first-order valence-corrected chi connectivity index (χ1v) is 7.97. The number of morpholine rings is 1. The van der Waals surface area contributed by atoms with Gasteiger partial charge < -0.3 is 10.1 Å². The molecule has 7 heteroatoms. The lowest BCUT2D eigenvalue weighted by Gasteiger charge is -2.48. The van der Waals surface area contributed by atoms with Gasteiger partial charge in [0.15, 0.2) is 5.82 Å². The minimum atomic E-state index is 0.220. The number of hydrogen-bond donors (Lipinski definition) is 1. The van der Waals surface area contributed by atoms with Crippen LogP contribution in [0.15, 0.2) is 0 Å². The summed E-state index contributed by atoms with van der Waals surface area (Å²) in [5.41, 5.74) is 0.220.